The van der Waals surface area contributed by atoms with E-state index in [1.807, 2.05) is 0 Å². The minimum Gasteiger partial charge on any atom is -0.478 e. The highest BCUT2D eigenvalue weighted by atomic mass is 16.5. The summed E-state index contributed by atoms with van der Waals surface area (Å²) in [6.45, 7) is 7.08. The van der Waals surface area contributed by atoms with Crippen LogP contribution in [0.3, 0.4) is 0 Å². The maximum Gasteiger partial charge on any atom is 0.333 e. The van der Waals surface area contributed by atoms with Crippen LogP contribution in [0.15, 0.2) is 23.3 Å². The first-order chi connectivity index (χ1) is 8.40. The Morgan fingerprint density at radius 1 is 1.11 bits per heavy atom. The van der Waals surface area contributed by atoms with Crippen LogP contribution in [0.4, 0.5) is 0 Å². The lowest BCUT2D eigenvalue weighted by Crippen LogP contribution is -2.07. The third-order valence-electron chi connectivity index (χ3n) is 2.06. The molecule has 0 aromatic heterocycles. The predicted octanol–water partition coefficient (Wildman–Crippen LogP) is 1.92. The summed E-state index contributed by atoms with van der Waals surface area (Å²) in [5.41, 5.74) is 0.989. The summed E-state index contributed by atoms with van der Waals surface area (Å²) >= 11 is 0. The van der Waals surface area contributed by atoms with Crippen molar-refractivity contribution < 1.29 is 24.5 Å². The number of carbonyl (C=O) groups is 2. The lowest BCUT2D eigenvalue weighted by atomic mass is 10.3. The maximum atomic E-state index is 10.9. The second-order valence-electron chi connectivity index (χ2n) is 3.46. The smallest absolute Gasteiger partial charge is 0.333 e. The molecule has 0 bridgehead atoms. The zero-order valence-corrected chi connectivity index (χ0v) is 11.4. The van der Waals surface area contributed by atoms with E-state index in [-0.39, 0.29) is 12.6 Å². The molecule has 0 fully saturated rings. The number of hydrogen-bond donors (Lipinski definition) is 2. The van der Waals surface area contributed by atoms with Crippen LogP contribution in [0.1, 0.15) is 34.1 Å². The Morgan fingerprint density at radius 2 is 1.61 bits per heavy atom. The topological polar surface area (TPSA) is 83.8 Å². The minimum atomic E-state index is -0.845. The number of rotatable bonds is 5. The summed E-state index contributed by atoms with van der Waals surface area (Å²) in [6.07, 6.45) is 3.76. The summed E-state index contributed by atoms with van der Waals surface area (Å²) in [5.74, 6) is -1.15. The van der Waals surface area contributed by atoms with Crippen molar-refractivity contribution in [3.8, 4) is 0 Å². The third kappa shape index (κ3) is 10.9. The molecule has 18 heavy (non-hydrogen) atoms. The first kappa shape index (κ1) is 18.7. The van der Waals surface area contributed by atoms with Gasteiger partial charge in [0.1, 0.15) is 0 Å². The molecule has 104 valence electrons. The predicted molar refractivity (Wildman–Crippen MR) is 69.2 cm³/mol. The zero-order chi connectivity index (χ0) is 14.6. The molecule has 0 rings (SSSR count). The van der Waals surface area contributed by atoms with E-state index in [1.54, 1.807) is 39.8 Å². The summed E-state index contributed by atoms with van der Waals surface area (Å²) < 4.78 is 4.77. The van der Waals surface area contributed by atoms with Crippen molar-refractivity contribution >= 4 is 11.9 Å². The van der Waals surface area contributed by atoms with Gasteiger partial charge >= 0.3 is 11.9 Å². The van der Waals surface area contributed by atoms with Crippen LogP contribution in [0.5, 0.6) is 0 Å². The van der Waals surface area contributed by atoms with Crippen molar-refractivity contribution in [1.29, 1.82) is 0 Å². The van der Waals surface area contributed by atoms with Crippen LogP contribution in [0, 0.1) is 0 Å². The molecular weight excluding hydrogens is 236 g/mol. The molecule has 0 aliphatic carbocycles. The number of aliphatic hydroxyl groups is 1. The monoisotopic (exact) mass is 258 g/mol. The molecule has 5 heteroatoms. The molecule has 0 aromatic carbocycles. The fraction of sp³-hybridized carbons (Fsp3) is 0.538. The molecule has 0 spiro atoms. The minimum absolute atomic E-state index is 0.0577. The van der Waals surface area contributed by atoms with Crippen molar-refractivity contribution in [1.82, 2.24) is 0 Å². The van der Waals surface area contributed by atoms with Gasteiger partial charge in [0.05, 0.1) is 6.61 Å². The first-order valence-electron chi connectivity index (χ1n) is 5.67. The standard InChI is InChI=1S/C8H14O3.C5H8O2/c1-3-7(2)8(10)11-6-4-5-9;1-3-4(2)5(6)7/h3,9H,4-6H2,1-2H3;3H,1-2H3,(H,6,7). The molecule has 2 N–H and O–H groups in total. The van der Waals surface area contributed by atoms with Crippen molar-refractivity contribution in [3.05, 3.63) is 23.3 Å². The van der Waals surface area contributed by atoms with E-state index in [2.05, 4.69) is 0 Å². The van der Waals surface area contributed by atoms with Crippen LogP contribution < -0.4 is 0 Å². The number of carboxylic acid groups (broad SMARTS) is 1. The highest BCUT2D eigenvalue weighted by molar-refractivity contribution is 5.87. The number of aliphatic carboxylic acids is 1. The average molecular weight is 258 g/mol. The van der Waals surface area contributed by atoms with Gasteiger partial charge in [0, 0.05) is 24.2 Å². The maximum absolute atomic E-state index is 10.9. The second-order valence-corrected chi connectivity index (χ2v) is 3.46. The van der Waals surface area contributed by atoms with Crippen LogP contribution in [-0.2, 0) is 14.3 Å². The molecule has 0 saturated carbocycles. The molecular formula is C13H22O5. The third-order valence-corrected chi connectivity index (χ3v) is 2.06. The summed E-state index contributed by atoms with van der Waals surface area (Å²) in [7, 11) is 0. The number of allylic oxidation sites excluding steroid dienone is 2. The Morgan fingerprint density at radius 3 is 1.89 bits per heavy atom. The highest BCUT2D eigenvalue weighted by Crippen LogP contribution is 1.95. The van der Waals surface area contributed by atoms with Gasteiger partial charge in [-0.1, -0.05) is 12.2 Å². The molecule has 0 aromatic rings. The molecule has 0 aliphatic rings. The van der Waals surface area contributed by atoms with Crippen LogP contribution in [-0.4, -0.2) is 35.4 Å². The summed E-state index contributed by atoms with van der Waals surface area (Å²) in [6, 6.07) is 0. The SMILES string of the molecule is CC=C(C)C(=O)O.CC=C(C)C(=O)OCCCO. The molecule has 0 aliphatic heterocycles. The van der Waals surface area contributed by atoms with E-state index in [0.717, 1.165) is 0 Å². The largest absolute Gasteiger partial charge is 0.478 e. The van der Waals surface area contributed by atoms with Gasteiger partial charge in [-0.2, -0.15) is 0 Å². The Balaban J connectivity index is 0. The van der Waals surface area contributed by atoms with E-state index in [4.69, 9.17) is 14.9 Å². The molecule has 0 atom stereocenters. The van der Waals surface area contributed by atoms with Gasteiger partial charge in [-0.15, -0.1) is 0 Å². The van der Waals surface area contributed by atoms with Crippen molar-refractivity contribution in [2.24, 2.45) is 0 Å². The molecule has 0 unspecified atom stereocenters. The van der Waals surface area contributed by atoms with Crippen molar-refractivity contribution in [3.63, 3.8) is 0 Å². The Bertz CT molecular complexity index is 315. The van der Waals surface area contributed by atoms with E-state index >= 15 is 0 Å². The lowest BCUT2D eigenvalue weighted by molar-refractivity contribution is -0.139. The Labute approximate surface area is 108 Å². The highest BCUT2D eigenvalue weighted by Gasteiger charge is 2.02. The van der Waals surface area contributed by atoms with Gasteiger partial charge in [0.2, 0.25) is 0 Å². The lowest BCUT2D eigenvalue weighted by Gasteiger charge is -2.01. The molecule has 0 radical (unpaired) electrons. The number of hydrogen-bond acceptors (Lipinski definition) is 4. The van der Waals surface area contributed by atoms with Crippen LogP contribution in [0.2, 0.25) is 0 Å². The van der Waals surface area contributed by atoms with Crippen LogP contribution >= 0.6 is 0 Å². The van der Waals surface area contributed by atoms with Gasteiger partial charge in [-0.25, -0.2) is 9.59 Å². The number of aliphatic hydroxyl groups excluding tert-OH is 1. The molecule has 5 nitrogen and oxygen atoms in total. The second kappa shape index (κ2) is 11.9. The Kier molecular flexibility index (Phi) is 12.3. The van der Waals surface area contributed by atoms with E-state index < -0.39 is 5.97 Å². The number of carbonyl (C=O) groups excluding carboxylic acids is 1. The number of carboxylic acids is 1. The normalized spacial score (nSPS) is 11.4. The van der Waals surface area contributed by atoms with E-state index in [9.17, 15) is 9.59 Å². The van der Waals surface area contributed by atoms with Gasteiger partial charge in [-0.05, 0) is 27.7 Å². The quantitative estimate of drug-likeness (QED) is 0.447. The molecule has 0 saturated heterocycles. The molecule has 0 heterocycles. The number of esters is 1. The summed E-state index contributed by atoms with van der Waals surface area (Å²) in [4.78, 5) is 20.7. The molecule has 0 amide bonds. The zero-order valence-electron chi connectivity index (χ0n) is 11.4. The number of ether oxygens (including phenoxy) is 1. The van der Waals surface area contributed by atoms with E-state index in [1.165, 1.54) is 0 Å². The van der Waals surface area contributed by atoms with Gasteiger partial charge < -0.3 is 14.9 Å². The van der Waals surface area contributed by atoms with Gasteiger partial charge in [0.15, 0.2) is 0 Å². The Hall–Kier alpha value is -1.62. The summed E-state index contributed by atoms with van der Waals surface area (Å²) in [5, 5.41) is 16.5. The fourth-order valence-electron chi connectivity index (χ4n) is 0.585. The van der Waals surface area contributed by atoms with E-state index in [0.29, 0.717) is 24.2 Å². The van der Waals surface area contributed by atoms with Crippen molar-refractivity contribution in [2.75, 3.05) is 13.2 Å². The van der Waals surface area contributed by atoms with Crippen LogP contribution in [0.25, 0.3) is 0 Å². The fourth-order valence-corrected chi connectivity index (χ4v) is 0.585. The van der Waals surface area contributed by atoms with Gasteiger partial charge in [0.25, 0.3) is 0 Å². The van der Waals surface area contributed by atoms with Crippen molar-refractivity contribution in [2.45, 2.75) is 34.1 Å². The van der Waals surface area contributed by atoms with Gasteiger partial charge in [-0.3, -0.25) is 0 Å². The average Bonchev–Trinajstić information content (AvgIpc) is 2.37. The first-order valence-corrected chi connectivity index (χ1v) is 5.67.